The van der Waals surface area contributed by atoms with Crippen LogP contribution in [-0.4, -0.2) is 44.9 Å². The Labute approximate surface area is 120 Å². The molecule has 0 amide bonds. The normalized spacial score (nSPS) is 11.8. The molecule has 1 N–H and O–H groups in total. The number of nitrogens with one attached hydrogen (secondary N) is 1. The molecule has 0 aromatic heterocycles. The van der Waals surface area contributed by atoms with Crippen molar-refractivity contribution < 1.29 is 8.42 Å². The van der Waals surface area contributed by atoms with Crippen LogP contribution in [0.2, 0.25) is 0 Å². The summed E-state index contributed by atoms with van der Waals surface area (Å²) in [6.07, 6.45) is 1.07. The van der Waals surface area contributed by atoms with Crippen molar-refractivity contribution in [2.45, 2.75) is 18.2 Å². The van der Waals surface area contributed by atoms with Gasteiger partial charge in [-0.05, 0) is 36.1 Å². The number of thioether (sulfide) groups is 1. The third kappa shape index (κ3) is 5.04. The topological polar surface area (TPSA) is 49.4 Å². The van der Waals surface area contributed by atoms with Crippen molar-refractivity contribution in [3.8, 4) is 0 Å². The lowest BCUT2D eigenvalue weighted by molar-refractivity contribution is 0.521. The van der Waals surface area contributed by atoms with Crippen molar-refractivity contribution in [1.29, 1.82) is 0 Å². The van der Waals surface area contributed by atoms with E-state index in [-0.39, 0.29) is 0 Å². The van der Waals surface area contributed by atoms with Gasteiger partial charge in [0, 0.05) is 26.3 Å². The van der Waals surface area contributed by atoms with Crippen molar-refractivity contribution in [3.63, 3.8) is 0 Å². The molecular weight excluding hydrogens is 280 g/mol. The van der Waals surface area contributed by atoms with Crippen LogP contribution in [0.25, 0.3) is 0 Å². The van der Waals surface area contributed by atoms with Crippen LogP contribution in [0.5, 0.6) is 0 Å². The lowest BCUT2D eigenvalue weighted by Crippen LogP contribution is -2.22. The number of benzene rings is 1. The van der Waals surface area contributed by atoms with Gasteiger partial charge in [0.25, 0.3) is 0 Å². The zero-order valence-corrected chi connectivity index (χ0v) is 13.4. The highest BCUT2D eigenvalue weighted by Crippen LogP contribution is 2.18. The maximum atomic E-state index is 12.0. The van der Waals surface area contributed by atoms with E-state index in [0.717, 1.165) is 30.2 Å². The van der Waals surface area contributed by atoms with E-state index in [0.29, 0.717) is 4.90 Å². The van der Waals surface area contributed by atoms with E-state index in [1.165, 1.54) is 18.4 Å². The van der Waals surface area contributed by atoms with Crippen LogP contribution < -0.4 is 5.32 Å². The Kier molecular flexibility index (Phi) is 6.68. The fourth-order valence-corrected chi connectivity index (χ4v) is 3.11. The number of sulfonamides is 1. The molecule has 0 aliphatic carbocycles. The molecule has 0 saturated carbocycles. The van der Waals surface area contributed by atoms with Crippen LogP contribution in [0.1, 0.15) is 13.3 Å². The minimum absolute atomic E-state index is 0.324. The highest BCUT2D eigenvalue weighted by atomic mass is 32.2. The molecule has 0 atom stereocenters. The Morgan fingerprint density at radius 1 is 1.32 bits per heavy atom. The molecule has 0 saturated heterocycles. The van der Waals surface area contributed by atoms with Crippen LogP contribution in [0.4, 0.5) is 5.69 Å². The third-order valence-electron chi connectivity index (χ3n) is 2.61. The summed E-state index contributed by atoms with van der Waals surface area (Å²) in [5.74, 6) is 2.26. The smallest absolute Gasteiger partial charge is 0.242 e. The Morgan fingerprint density at radius 2 is 2.05 bits per heavy atom. The first-order valence-corrected chi connectivity index (χ1v) is 8.92. The maximum absolute atomic E-state index is 12.0. The molecule has 0 spiro atoms. The highest BCUT2D eigenvalue weighted by molar-refractivity contribution is 7.99. The van der Waals surface area contributed by atoms with E-state index in [4.69, 9.17) is 0 Å². The second-order valence-corrected chi connectivity index (χ2v) is 7.84. The molecular formula is C13H22N2O2S2. The van der Waals surface area contributed by atoms with Crippen molar-refractivity contribution in [2.75, 3.05) is 37.5 Å². The largest absolute Gasteiger partial charge is 0.385 e. The second kappa shape index (κ2) is 7.77. The average molecular weight is 302 g/mol. The Bertz CT molecular complexity index is 487. The molecule has 1 aromatic carbocycles. The van der Waals surface area contributed by atoms with Crippen molar-refractivity contribution in [1.82, 2.24) is 4.31 Å². The van der Waals surface area contributed by atoms with Crippen LogP contribution in [0.3, 0.4) is 0 Å². The predicted octanol–water partition coefficient (Wildman–Crippen LogP) is 2.49. The molecule has 6 heteroatoms. The second-order valence-electron chi connectivity index (χ2n) is 4.29. The molecule has 19 heavy (non-hydrogen) atoms. The van der Waals surface area contributed by atoms with Crippen molar-refractivity contribution >= 4 is 27.5 Å². The zero-order chi connectivity index (χ0) is 14.3. The number of anilines is 1. The minimum atomic E-state index is -3.35. The number of rotatable bonds is 8. The van der Waals surface area contributed by atoms with E-state index >= 15 is 0 Å². The summed E-state index contributed by atoms with van der Waals surface area (Å²) in [5, 5.41) is 3.26. The minimum Gasteiger partial charge on any atom is -0.385 e. The van der Waals surface area contributed by atoms with Gasteiger partial charge < -0.3 is 5.32 Å². The highest BCUT2D eigenvalue weighted by Gasteiger charge is 2.16. The lowest BCUT2D eigenvalue weighted by Gasteiger charge is -2.13. The summed E-state index contributed by atoms with van der Waals surface area (Å²) in [6, 6.07) is 6.96. The Hall–Kier alpha value is -0.720. The van der Waals surface area contributed by atoms with E-state index < -0.39 is 10.0 Å². The molecule has 0 unspecified atom stereocenters. The predicted molar refractivity (Wildman–Crippen MR) is 83.4 cm³/mol. The molecule has 0 aliphatic heterocycles. The fourth-order valence-electron chi connectivity index (χ4n) is 1.53. The van der Waals surface area contributed by atoms with Crippen LogP contribution in [-0.2, 0) is 10.0 Å². The number of hydrogen-bond donors (Lipinski definition) is 1. The van der Waals surface area contributed by atoms with Gasteiger partial charge in [0.1, 0.15) is 0 Å². The van der Waals surface area contributed by atoms with Gasteiger partial charge in [-0.1, -0.05) is 13.0 Å². The summed E-state index contributed by atoms with van der Waals surface area (Å²) < 4.78 is 25.2. The van der Waals surface area contributed by atoms with E-state index in [1.807, 2.05) is 17.8 Å². The summed E-state index contributed by atoms with van der Waals surface area (Å²) in [6.45, 7) is 3.01. The van der Waals surface area contributed by atoms with Crippen molar-refractivity contribution in [2.24, 2.45) is 0 Å². The van der Waals surface area contributed by atoms with Gasteiger partial charge >= 0.3 is 0 Å². The lowest BCUT2D eigenvalue weighted by atomic mass is 10.3. The molecule has 1 rings (SSSR count). The molecule has 108 valence electrons. The van der Waals surface area contributed by atoms with Gasteiger partial charge in [-0.2, -0.15) is 11.8 Å². The van der Waals surface area contributed by atoms with Gasteiger partial charge in [0.05, 0.1) is 4.90 Å². The molecule has 0 heterocycles. The number of hydrogen-bond acceptors (Lipinski definition) is 4. The van der Waals surface area contributed by atoms with E-state index in [1.54, 1.807) is 18.2 Å². The molecule has 0 fully saturated rings. The molecule has 0 bridgehead atoms. The first kappa shape index (κ1) is 16.3. The van der Waals surface area contributed by atoms with Gasteiger partial charge in [-0.3, -0.25) is 0 Å². The van der Waals surface area contributed by atoms with Crippen molar-refractivity contribution in [3.05, 3.63) is 24.3 Å². The molecule has 0 radical (unpaired) electrons. The van der Waals surface area contributed by atoms with Crippen LogP contribution >= 0.6 is 11.8 Å². The van der Waals surface area contributed by atoms with Gasteiger partial charge in [0.2, 0.25) is 10.0 Å². The van der Waals surface area contributed by atoms with Gasteiger partial charge in [-0.25, -0.2) is 12.7 Å². The monoisotopic (exact) mass is 302 g/mol. The first-order chi connectivity index (χ1) is 8.98. The number of nitrogens with zero attached hydrogens (tertiary/aromatic N) is 1. The van der Waals surface area contributed by atoms with E-state index in [9.17, 15) is 8.42 Å². The first-order valence-electron chi connectivity index (χ1n) is 6.32. The molecule has 0 aliphatic rings. The SMILES string of the molecule is CCSCCCNc1cccc(S(=O)(=O)N(C)C)c1. The van der Waals surface area contributed by atoms with Crippen LogP contribution in [0, 0.1) is 0 Å². The summed E-state index contributed by atoms with van der Waals surface area (Å²) >= 11 is 1.91. The summed E-state index contributed by atoms with van der Waals surface area (Å²) in [5.41, 5.74) is 0.851. The summed E-state index contributed by atoms with van der Waals surface area (Å²) in [7, 11) is -0.271. The van der Waals surface area contributed by atoms with Gasteiger partial charge in [0.15, 0.2) is 0 Å². The molecule has 1 aromatic rings. The van der Waals surface area contributed by atoms with Gasteiger partial charge in [-0.15, -0.1) is 0 Å². The van der Waals surface area contributed by atoms with E-state index in [2.05, 4.69) is 12.2 Å². The fraction of sp³-hybridized carbons (Fsp3) is 0.538. The maximum Gasteiger partial charge on any atom is 0.242 e. The Balaban J connectivity index is 2.63. The summed E-state index contributed by atoms with van der Waals surface area (Å²) in [4.78, 5) is 0.324. The standard InChI is InChI=1S/C13H22N2O2S2/c1-4-18-10-6-9-14-12-7-5-8-13(11-12)19(16,17)15(2)3/h5,7-8,11,14H,4,6,9-10H2,1-3H3. The van der Waals surface area contributed by atoms with Crippen LogP contribution in [0.15, 0.2) is 29.2 Å². The zero-order valence-electron chi connectivity index (χ0n) is 11.7. The quantitative estimate of drug-likeness (QED) is 0.750. The third-order valence-corrected chi connectivity index (χ3v) is 5.41. The average Bonchev–Trinajstić information content (AvgIpc) is 2.38. The molecule has 4 nitrogen and oxygen atoms in total. The Morgan fingerprint density at radius 3 is 2.68 bits per heavy atom.